The lowest BCUT2D eigenvalue weighted by Crippen LogP contribution is -2.06. The first-order valence-electron chi connectivity index (χ1n) is 7.97. The van der Waals surface area contributed by atoms with E-state index in [0.717, 1.165) is 22.0 Å². The highest BCUT2D eigenvalue weighted by molar-refractivity contribution is 6.07. The summed E-state index contributed by atoms with van der Waals surface area (Å²) in [7, 11) is 0. The van der Waals surface area contributed by atoms with Gasteiger partial charge in [0.1, 0.15) is 5.69 Å². The molecule has 0 amide bonds. The van der Waals surface area contributed by atoms with Crippen molar-refractivity contribution in [2.45, 2.75) is 0 Å². The van der Waals surface area contributed by atoms with Crippen LogP contribution in [-0.4, -0.2) is 20.5 Å². The number of benzene rings is 2. The van der Waals surface area contributed by atoms with Gasteiger partial charge in [-0.2, -0.15) is 5.10 Å². The van der Waals surface area contributed by atoms with Crippen molar-refractivity contribution in [1.29, 1.82) is 0 Å². The SMILES string of the molecule is O=C(/C=C/c1cccc2cnccc12)c1ccnn1-c1ccccc1. The normalized spacial score (nSPS) is 11.2. The third-order valence-electron chi connectivity index (χ3n) is 4.02. The summed E-state index contributed by atoms with van der Waals surface area (Å²) in [4.78, 5) is 16.8. The van der Waals surface area contributed by atoms with Crippen LogP contribution in [0.4, 0.5) is 0 Å². The van der Waals surface area contributed by atoms with Crippen LogP contribution < -0.4 is 0 Å². The number of carbonyl (C=O) groups excluding carboxylic acids is 1. The zero-order chi connectivity index (χ0) is 17.1. The van der Waals surface area contributed by atoms with Gasteiger partial charge < -0.3 is 0 Å². The van der Waals surface area contributed by atoms with E-state index >= 15 is 0 Å². The molecular formula is C21H15N3O. The molecule has 2 aromatic heterocycles. The van der Waals surface area contributed by atoms with Crippen molar-refractivity contribution in [3.63, 3.8) is 0 Å². The number of hydrogen-bond acceptors (Lipinski definition) is 3. The molecule has 0 spiro atoms. The molecule has 2 heterocycles. The summed E-state index contributed by atoms with van der Waals surface area (Å²) in [6.45, 7) is 0. The van der Waals surface area contributed by atoms with Crippen molar-refractivity contribution in [1.82, 2.24) is 14.8 Å². The number of rotatable bonds is 4. The molecule has 25 heavy (non-hydrogen) atoms. The topological polar surface area (TPSA) is 47.8 Å². The summed E-state index contributed by atoms with van der Waals surface area (Å²) >= 11 is 0. The van der Waals surface area contributed by atoms with E-state index in [1.807, 2.05) is 66.9 Å². The first-order chi connectivity index (χ1) is 12.3. The Bertz CT molecular complexity index is 1060. The fourth-order valence-electron chi connectivity index (χ4n) is 2.81. The molecule has 0 aliphatic rings. The Balaban J connectivity index is 1.67. The van der Waals surface area contributed by atoms with Crippen molar-refractivity contribution in [3.05, 3.63) is 96.6 Å². The molecule has 0 fully saturated rings. The molecular weight excluding hydrogens is 310 g/mol. The second kappa shape index (κ2) is 6.53. The van der Waals surface area contributed by atoms with Gasteiger partial charge in [0.2, 0.25) is 5.78 Å². The van der Waals surface area contributed by atoms with Crippen LogP contribution in [0.2, 0.25) is 0 Å². The van der Waals surface area contributed by atoms with E-state index in [9.17, 15) is 4.79 Å². The van der Waals surface area contributed by atoms with Crippen molar-refractivity contribution in [2.24, 2.45) is 0 Å². The maximum atomic E-state index is 12.6. The van der Waals surface area contributed by atoms with Crippen molar-refractivity contribution < 1.29 is 4.79 Å². The predicted molar refractivity (Wildman–Crippen MR) is 98.7 cm³/mol. The number of ketones is 1. The molecule has 0 unspecified atom stereocenters. The molecule has 0 atom stereocenters. The van der Waals surface area contributed by atoms with Crippen LogP contribution in [0.15, 0.2) is 85.3 Å². The third kappa shape index (κ3) is 2.97. The Morgan fingerprint density at radius 2 is 1.80 bits per heavy atom. The quantitative estimate of drug-likeness (QED) is 0.415. The van der Waals surface area contributed by atoms with Gasteiger partial charge in [-0.3, -0.25) is 9.78 Å². The first-order valence-corrected chi connectivity index (χ1v) is 7.97. The van der Waals surface area contributed by atoms with Crippen LogP contribution in [0, 0.1) is 0 Å². The molecule has 2 aromatic carbocycles. The maximum absolute atomic E-state index is 12.6. The molecule has 0 bridgehead atoms. The Hall–Kier alpha value is -3.53. The van der Waals surface area contributed by atoms with Crippen molar-refractivity contribution in [3.8, 4) is 5.69 Å². The fraction of sp³-hybridized carbons (Fsp3) is 0. The van der Waals surface area contributed by atoms with Gasteiger partial charge in [0.15, 0.2) is 0 Å². The van der Waals surface area contributed by atoms with Crippen LogP contribution >= 0.6 is 0 Å². The summed E-state index contributed by atoms with van der Waals surface area (Å²) < 4.78 is 1.65. The summed E-state index contributed by atoms with van der Waals surface area (Å²) in [6, 6.07) is 19.3. The largest absolute Gasteiger partial charge is 0.288 e. The summed E-state index contributed by atoms with van der Waals surface area (Å²) in [5, 5.41) is 6.38. The Morgan fingerprint density at radius 1 is 0.920 bits per heavy atom. The van der Waals surface area contributed by atoms with Gasteiger partial charge in [0.05, 0.1) is 11.9 Å². The van der Waals surface area contributed by atoms with Gasteiger partial charge >= 0.3 is 0 Å². The lowest BCUT2D eigenvalue weighted by molar-refractivity contribution is 0.104. The first kappa shape index (κ1) is 15.0. The van der Waals surface area contributed by atoms with Gasteiger partial charge in [-0.1, -0.05) is 42.5 Å². The van der Waals surface area contributed by atoms with Crippen LogP contribution in [0.1, 0.15) is 16.1 Å². The number of aromatic nitrogens is 3. The van der Waals surface area contributed by atoms with Gasteiger partial charge in [0.25, 0.3) is 0 Å². The molecule has 0 saturated carbocycles. The molecule has 120 valence electrons. The fourth-order valence-corrected chi connectivity index (χ4v) is 2.81. The lowest BCUT2D eigenvalue weighted by atomic mass is 10.1. The summed E-state index contributed by atoms with van der Waals surface area (Å²) in [6.07, 6.45) is 8.64. The second-order valence-corrected chi connectivity index (χ2v) is 5.61. The molecule has 4 rings (SSSR count). The summed E-state index contributed by atoms with van der Waals surface area (Å²) in [5.41, 5.74) is 2.38. The molecule has 4 aromatic rings. The highest BCUT2D eigenvalue weighted by Gasteiger charge is 2.10. The average Bonchev–Trinajstić information content (AvgIpc) is 3.17. The minimum Gasteiger partial charge on any atom is -0.288 e. The minimum absolute atomic E-state index is 0.0904. The van der Waals surface area contributed by atoms with Crippen molar-refractivity contribution >= 4 is 22.6 Å². The molecule has 4 nitrogen and oxygen atoms in total. The Morgan fingerprint density at radius 3 is 2.68 bits per heavy atom. The zero-order valence-electron chi connectivity index (χ0n) is 13.4. The molecule has 0 aliphatic carbocycles. The van der Waals surface area contributed by atoms with Crippen LogP contribution in [0.5, 0.6) is 0 Å². The smallest absolute Gasteiger partial charge is 0.204 e. The highest BCUT2D eigenvalue weighted by atomic mass is 16.1. The predicted octanol–water partition coefficient (Wildman–Crippen LogP) is 4.32. The van der Waals surface area contributed by atoms with Crippen molar-refractivity contribution in [2.75, 3.05) is 0 Å². The molecule has 4 heteroatoms. The summed E-state index contributed by atoms with van der Waals surface area (Å²) in [5.74, 6) is -0.0904. The number of carbonyl (C=O) groups is 1. The van der Waals surface area contributed by atoms with E-state index in [-0.39, 0.29) is 5.78 Å². The number of para-hydroxylation sites is 1. The maximum Gasteiger partial charge on any atom is 0.204 e. The van der Waals surface area contributed by atoms with E-state index in [4.69, 9.17) is 0 Å². The van der Waals surface area contributed by atoms with Gasteiger partial charge in [-0.15, -0.1) is 0 Å². The van der Waals surface area contributed by atoms with E-state index in [2.05, 4.69) is 10.1 Å². The molecule has 0 saturated heterocycles. The number of allylic oxidation sites excluding steroid dienone is 1. The van der Waals surface area contributed by atoms with E-state index < -0.39 is 0 Å². The Labute approximate surface area is 145 Å². The van der Waals surface area contributed by atoms with Gasteiger partial charge in [-0.05, 0) is 41.3 Å². The number of hydrogen-bond donors (Lipinski definition) is 0. The minimum atomic E-state index is -0.0904. The third-order valence-corrected chi connectivity index (χ3v) is 4.02. The van der Waals surface area contributed by atoms with Gasteiger partial charge in [-0.25, -0.2) is 4.68 Å². The highest BCUT2D eigenvalue weighted by Crippen LogP contribution is 2.19. The number of nitrogens with zero attached hydrogens (tertiary/aromatic N) is 3. The number of pyridine rings is 1. The molecule has 0 N–H and O–H groups in total. The molecule has 0 radical (unpaired) electrons. The van der Waals surface area contributed by atoms with E-state index in [1.165, 1.54) is 0 Å². The average molecular weight is 325 g/mol. The number of fused-ring (bicyclic) bond motifs is 1. The monoisotopic (exact) mass is 325 g/mol. The van der Waals surface area contributed by atoms with Gasteiger partial charge in [0, 0.05) is 17.8 Å². The van der Waals surface area contributed by atoms with Crippen LogP contribution in [0.3, 0.4) is 0 Å². The standard InChI is InChI=1S/C21H15N3O/c25-21(20-12-14-23-24(20)18-7-2-1-3-8-18)10-9-16-5-4-6-17-15-22-13-11-19(16)17/h1-15H/b10-9+. The lowest BCUT2D eigenvalue weighted by Gasteiger charge is -2.05. The zero-order valence-corrected chi connectivity index (χ0v) is 13.4. The van der Waals surface area contributed by atoms with E-state index in [1.54, 1.807) is 29.2 Å². The van der Waals surface area contributed by atoms with Crippen LogP contribution in [0.25, 0.3) is 22.5 Å². The van der Waals surface area contributed by atoms with E-state index in [0.29, 0.717) is 5.69 Å². The van der Waals surface area contributed by atoms with Crippen LogP contribution in [-0.2, 0) is 0 Å². The Kier molecular flexibility index (Phi) is 3.92. The molecule has 0 aliphatic heterocycles. The second-order valence-electron chi connectivity index (χ2n) is 5.61.